The maximum atomic E-state index is 6.94. The summed E-state index contributed by atoms with van der Waals surface area (Å²) in [6, 6.07) is 1.98. The minimum absolute atomic E-state index is 0.213. The highest BCUT2D eigenvalue weighted by atomic mass is 28.4. The molecule has 0 radical (unpaired) electrons. The number of ether oxygens (including phenoxy) is 2. The molecule has 1 saturated heterocycles. The molecule has 0 spiro atoms. The third-order valence-electron chi connectivity index (χ3n) is 5.39. The van der Waals surface area contributed by atoms with Crippen LogP contribution in [0.2, 0.25) is 12.1 Å². The second kappa shape index (κ2) is 10.3. The van der Waals surface area contributed by atoms with Crippen LogP contribution in [0.3, 0.4) is 0 Å². The van der Waals surface area contributed by atoms with Gasteiger partial charge in [-0.1, -0.05) is 41.0 Å². The first-order valence-corrected chi connectivity index (χ1v) is 12.3. The van der Waals surface area contributed by atoms with E-state index in [4.69, 9.17) is 18.3 Å². The number of rotatable bonds is 12. The highest BCUT2D eigenvalue weighted by Gasteiger charge is 2.48. The van der Waals surface area contributed by atoms with Crippen molar-refractivity contribution in [1.82, 2.24) is 0 Å². The lowest BCUT2D eigenvalue weighted by Crippen LogP contribution is -2.54. The van der Waals surface area contributed by atoms with Crippen LogP contribution in [0.4, 0.5) is 0 Å². The Kier molecular flexibility index (Phi) is 9.45. The van der Waals surface area contributed by atoms with E-state index < -0.39 is 14.3 Å². The molecule has 1 unspecified atom stereocenters. The lowest BCUT2D eigenvalue weighted by atomic mass is 9.86. The molecule has 144 valence electrons. The molecule has 1 atom stereocenters. The van der Waals surface area contributed by atoms with E-state index in [2.05, 4.69) is 41.5 Å². The molecule has 1 aliphatic heterocycles. The molecule has 1 fully saturated rings. The van der Waals surface area contributed by atoms with Crippen molar-refractivity contribution in [3.63, 3.8) is 0 Å². The van der Waals surface area contributed by atoms with Gasteiger partial charge < -0.3 is 18.3 Å². The van der Waals surface area contributed by atoms with Gasteiger partial charge in [0.15, 0.2) is 5.79 Å². The summed E-state index contributed by atoms with van der Waals surface area (Å²) in [5, 5.41) is 0. The van der Waals surface area contributed by atoms with E-state index in [1.54, 1.807) is 0 Å². The fourth-order valence-electron chi connectivity index (χ4n) is 3.83. The largest absolute Gasteiger partial charge is 0.394 e. The quantitative estimate of drug-likeness (QED) is 0.436. The van der Waals surface area contributed by atoms with E-state index in [0.717, 1.165) is 70.4 Å². The van der Waals surface area contributed by atoms with Gasteiger partial charge in [-0.25, -0.2) is 0 Å². The second-order valence-electron chi connectivity index (χ2n) is 6.93. The SMILES string of the molecule is CCCC(CC)(CC1(CC)OCCCO1)O[Si](CC)(CC)OCC. The summed E-state index contributed by atoms with van der Waals surface area (Å²) in [4.78, 5) is 0. The van der Waals surface area contributed by atoms with Crippen molar-refractivity contribution in [2.75, 3.05) is 19.8 Å². The van der Waals surface area contributed by atoms with E-state index in [-0.39, 0.29) is 5.60 Å². The van der Waals surface area contributed by atoms with Crippen LogP contribution in [-0.2, 0) is 18.3 Å². The van der Waals surface area contributed by atoms with Gasteiger partial charge in [-0.15, -0.1) is 0 Å². The van der Waals surface area contributed by atoms with Gasteiger partial charge in [0.25, 0.3) is 0 Å². The van der Waals surface area contributed by atoms with Crippen LogP contribution < -0.4 is 0 Å². The van der Waals surface area contributed by atoms with E-state index >= 15 is 0 Å². The summed E-state index contributed by atoms with van der Waals surface area (Å²) >= 11 is 0. The topological polar surface area (TPSA) is 36.9 Å². The molecule has 24 heavy (non-hydrogen) atoms. The third kappa shape index (κ3) is 5.53. The summed E-state index contributed by atoms with van der Waals surface area (Å²) in [6.45, 7) is 15.4. The molecular formula is C19H40O4Si. The molecule has 1 aliphatic rings. The monoisotopic (exact) mass is 360 g/mol. The normalized spacial score (nSPS) is 20.8. The first kappa shape index (κ1) is 22.1. The summed E-state index contributed by atoms with van der Waals surface area (Å²) in [5.41, 5.74) is -0.213. The van der Waals surface area contributed by atoms with Crippen molar-refractivity contribution in [2.45, 2.75) is 104 Å². The maximum absolute atomic E-state index is 6.94. The Hall–Kier alpha value is 0.0569. The lowest BCUT2D eigenvalue weighted by molar-refractivity contribution is -0.288. The minimum Gasteiger partial charge on any atom is -0.394 e. The molecule has 0 N–H and O–H groups in total. The number of hydrogen-bond acceptors (Lipinski definition) is 4. The molecule has 1 rings (SSSR count). The second-order valence-corrected chi connectivity index (χ2v) is 10.7. The van der Waals surface area contributed by atoms with Crippen LogP contribution in [0.15, 0.2) is 0 Å². The van der Waals surface area contributed by atoms with E-state index in [1.165, 1.54) is 0 Å². The van der Waals surface area contributed by atoms with Crippen LogP contribution in [0.5, 0.6) is 0 Å². The van der Waals surface area contributed by atoms with Gasteiger partial charge in [0.05, 0.1) is 18.8 Å². The van der Waals surface area contributed by atoms with E-state index in [1.807, 2.05) is 0 Å². The average molecular weight is 361 g/mol. The molecule has 5 heteroatoms. The van der Waals surface area contributed by atoms with Crippen LogP contribution in [0.1, 0.15) is 80.1 Å². The summed E-state index contributed by atoms with van der Waals surface area (Å²) in [5.74, 6) is -0.489. The molecule has 0 aromatic heterocycles. The Morgan fingerprint density at radius 3 is 2.04 bits per heavy atom. The Bertz CT molecular complexity index is 322. The minimum atomic E-state index is -2.18. The molecule has 0 saturated carbocycles. The van der Waals surface area contributed by atoms with E-state index in [9.17, 15) is 0 Å². The van der Waals surface area contributed by atoms with Gasteiger partial charge in [-0.2, -0.15) is 0 Å². The van der Waals surface area contributed by atoms with Gasteiger partial charge in [-0.3, -0.25) is 0 Å². The van der Waals surface area contributed by atoms with Gasteiger partial charge >= 0.3 is 8.56 Å². The number of hydrogen-bond donors (Lipinski definition) is 0. The van der Waals surface area contributed by atoms with Gasteiger partial charge in [-0.05, 0) is 44.7 Å². The highest BCUT2D eigenvalue weighted by molar-refractivity contribution is 6.67. The van der Waals surface area contributed by atoms with Crippen molar-refractivity contribution in [1.29, 1.82) is 0 Å². The summed E-state index contributed by atoms with van der Waals surface area (Å²) < 4.78 is 25.4. The standard InChI is InChI=1S/C19H40O4Si/c1-7-14-18(8-2,23-24(11-5,12-6)22-10-4)17-19(9-3)20-15-13-16-21-19/h7-17H2,1-6H3. The van der Waals surface area contributed by atoms with Crippen molar-refractivity contribution in [3.05, 3.63) is 0 Å². The highest BCUT2D eigenvalue weighted by Crippen LogP contribution is 2.41. The first-order chi connectivity index (χ1) is 11.5. The maximum Gasteiger partial charge on any atom is 0.338 e. The smallest absolute Gasteiger partial charge is 0.338 e. The zero-order chi connectivity index (χ0) is 18.1. The van der Waals surface area contributed by atoms with Crippen LogP contribution in [0, 0.1) is 0 Å². The third-order valence-corrected chi connectivity index (χ3v) is 9.16. The van der Waals surface area contributed by atoms with Gasteiger partial charge in [0.2, 0.25) is 0 Å². The molecule has 4 nitrogen and oxygen atoms in total. The lowest BCUT2D eigenvalue weighted by Gasteiger charge is -2.47. The van der Waals surface area contributed by atoms with Crippen molar-refractivity contribution < 1.29 is 18.3 Å². The van der Waals surface area contributed by atoms with Crippen LogP contribution in [0.25, 0.3) is 0 Å². The predicted molar refractivity (Wildman–Crippen MR) is 102 cm³/mol. The van der Waals surface area contributed by atoms with E-state index in [0.29, 0.717) is 0 Å². The zero-order valence-corrected chi connectivity index (χ0v) is 17.9. The van der Waals surface area contributed by atoms with Crippen molar-refractivity contribution >= 4 is 8.56 Å². The molecular weight excluding hydrogens is 320 g/mol. The average Bonchev–Trinajstić information content (AvgIpc) is 2.62. The van der Waals surface area contributed by atoms with Crippen LogP contribution >= 0.6 is 0 Å². The first-order valence-electron chi connectivity index (χ1n) is 10.1. The Morgan fingerprint density at radius 2 is 1.62 bits per heavy atom. The molecule has 0 aliphatic carbocycles. The molecule has 0 aromatic carbocycles. The van der Waals surface area contributed by atoms with Crippen LogP contribution in [-0.4, -0.2) is 39.8 Å². The van der Waals surface area contributed by atoms with Gasteiger partial charge in [0, 0.05) is 13.0 Å². The van der Waals surface area contributed by atoms with Gasteiger partial charge in [0.1, 0.15) is 0 Å². The molecule has 0 aromatic rings. The fraction of sp³-hybridized carbons (Fsp3) is 1.00. The zero-order valence-electron chi connectivity index (χ0n) is 16.9. The molecule has 0 amide bonds. The summed E-state index contributed by atoms with van der Waals surface area (Å²) in [6.07, 6.45) is 5.75. The Balaban J connectivity index is 3.07. The van der Waals surface area contributed by atoms with Crippen molar-refractivity contribution in [3.8, 4) is 0 Å². The Morgan fingerprint density at radius 1 is 1.00 bits per heavy atom. The molecule has 1 heterocycles. The van der Waals surface area contributed by atoms with Crippen molar-refractivity contribution in [2.24, 2.45) is 0 Å². The predicted octanol–water partition coefficient (Wildman–Crippen LogP) is 5.40. The fourth-order valence-corrected chi connectivity index (χ4v) is 6.72. The molecule has 0 bridgehead atoms. The summed E-state index contributed by atoms with van der Waals surface area (Å²) in [7, 11) is -2.18. The Labute approximate surface area is 150 Å².